The fourth-order valence-corrected chi connectivity index (χ4v) is 3.63. The number of methoxy groups -OCH3 is 1. The van der Waals surface area contributed by atoms with Crippen LogP contribution >= 0.6 is 0 Å². The molecule has 110 valence electrons. The van der Waals surface area contributed by atoms with E-state index in [4.69, 9.17) is 4.74 Å². The Hall–Kier alpha value is -0.610. The first-order valence-corrected chi connectivity index (χ1v) is 7.62. The van der Waals surface area contributed by atoms with Crippen LogP contribution in [0, 0.1) is 5.92 Å². The lowest BCUT2D eigenvalue weighted by molar-refractivity contribution is -0.145. The Morgan fingerprint density at radius 1 is 1.37 bits per heavy atom. The van der Waals surface area contributed by atoms with Crippen LogP contribution in [-0.4, -0.2) is 49.2 Å². The second-order valence-corrected chi connectivity index (χ2v) is 6.27. The molecule has 0 radical (unpaired) electrons. The van der Waals surface area contributed by atoms with Crippen LogP contribution in [0.15, 0.2) is 0 Å². The molecule has 19 heavy (non-hydrogen) atoms. The Balaban J connectivity index is 1.96. The largest absolute Gasteiger partial charge is 0.468 e. The van der Waals surface area contributed by atoms with Crippen molar-refractivity contribution in [1.29, 1.82) is 0 Å². The molecule has 2 aliphatic heterocycles. The van der Waals surface area contributed by atoms with Crippen molar-refractivity contribution in [2.24, 2.45) is 5.92 Å². The lowest BCUT2D eigenvalue weighted by Gasteiger charge is -2.38. The van der Waals surface area contributed by atoms with Gasteiger partial charge in [-0.3, -0.25) is 4.79 Å². The van der Waals surface area contributed by atoms with Crippen molar-refractivity contribution in [3.63, 3.8) is 0 Å². The SMILES string of the molecule is CCC(C)C(NC1CC2CCC(C1)N2C)C(=O)OC. The predicted octanol–water partition coefficient (Wildman–Crippen LogP) is 1.79. The van der Waals surface area contributed by atoms with Crippen molar-refractivity contribution in [1.82, 2.24) is 10.2 Å². The van der Waals surface area contributed by atoms with E-state index in [-0.39, 0.29) is 12.0 Å². The summed E-state index contributed by atoms with van der Waals surface area (Å²) in [7, 11) is 3.72. The maximum atomic E-state index is 11.9. The number of hydrogen-bond acceptors (Lipinski definition) is 4. The maximum Gasteiger partial charge on any atom is 0.323 e. The minimum Gasteiger partial charge on any atom is -0.468 e. The summed E-state index contributed by atoms with van der Waals surface area (Å²) < 4.78 is 4.96. The van der Waals surface area contributed by atoms with Gasteiger partial charge in [-0.15, -0.1) is 0 Å². The zero-order valence-corrected chi connectivity index (χ0v) is 12.7. The third kappa shape index (κ3) is 3.11. The highest BCUT2D eigenvalue weighted by Crippen LogP contribution is 2.34. The van der Waals surface area contributed by atoms with E-state index in [1.54, 1.807) is 0 Å². The van der Waals surface area contributed by atoms with E-state index < -0.39 is 0 Å². The number of nitrogens with one attached hydrogen (secondary N) is 1. The van der Waals surface area contributed by atoms with Crippen LogP contribution in [0.5, 0.6) is 0 Å². The summed E-state index contributed by atoms with van der Waals surface area (Å²) in [6.45, 7) is 4.25. The van der Waals surface area contributed by atoms with Crippen molar-refractivity contribution in [3.05, 3.63) is 0 Å². The normalized spacial score (nSPS) is 34.0. The Morgan fingerprint density at radius 2 is 1.95 bits per heavy atom. The molecule has 4 unspecified atom stereocenters. The second-order valence-electron chi connectivity index (χ2n) is 6.27. The third-order valence-electron chi connectivity index (χ3n) is 5.18. The van der Waals surface area contributed by atoms with E-state index in [9.17, 15) is 4.79 Å². The van der Waals surface area contributed by atoms with Gasteiger partial charge < -0.3 is 15.0 Å². The Bertz CT molecular complexity index is 307. The average Bonchev–Trinajstić information content (AvgIpc) is 2.66. The Morgan fingerprint density at radius 3 is 2.42 bits per heavy atom. The maximum absolute atomic E-state index is 11.9. The van der Waals surface area contributed by atoms with E-state index in [1.165, 1.54) is 20.0 Å². The third-order valence-corrected chi connectivity index (χ3v) is 5.18. The van der Waals surface area contributed by atoms with Crippen LogP contribution in [0.3, 0.4) is 0 Å². The quantitative estimate of drug-likeness (QED) is 0.772. The molecule has 0 spiro atoms. The van der Waals surface area contributed by atoms with E-state index in [0.717, 1.165) is 19.3 Å². The van der Waals surface area contributed by atoms with Gasteiger partial charge in [0.25, 0.3) is 0 Å². The zero-order valence-electron chi connectivity index (χ0n) is 12.7. The molecule has 2 heterocycles. The van der Waals surface area contributed by atoms with Crippen LogP contribution in [-0.2, 0) is 9.53 Å². The van der Waals surface area contributed by atoms with Gasteiger partial charge in [-0.05, 0) is 38.6 Å². The van der Waals surface area contributed by atoms with Gasteiger partial charge in [0.2, 0.25) is 0 Å². The fourth-order valence-electron chi connectivity index (χ4n) is 3.63. The predicted molar refractivity (Wildman–Crippen MR) is 76.0 cm³/mol. The van der Waals surface area contributed by atoms with Crippen molar-refractivity contribution >= 4 is 5.97 Å². The van der Waals surface area contributed by atoms with Crippen LogP contribution in [0.4, 0.5) is 0 Å². The van der Waals surface area contributed by atoms with Crippen molar-refractivity contribution in [2.75, 3.05) is 14.2 Å². The lowest BCUT2D eigenvalue weighted by atomic mass is 9.93. The van der Waals surface area contributed by atoms with Gasteiger partial charge in [0.1, 0.15) is 6.04 Å². The highest BCUT2D eigenvalue weighted by Gasteiger charge is 2.40. The fraction of sp³-hybridized carbons (Fsp3) is 0.933. The zero-order chi connectivity index (χ0) is 14.0. The average molecular weight is 268 g/mol. The summed E-state index contributed by atoms with van der Waals surface area (Å²) in [5.41, 5.74) is 0. The van der Waals surface area contributed by atoms with Crippen molar-refractivity contribution in [3.8, 4) is 0 Å². The first-order valence-electron chi connectivity index (χ1n) is 7.62. The van der Waals surface area contributed by atoms with E-state index in [1.807, 2.05) is 0 Å². The summed E-state index contributed by atoms with van der Waals surface area (Å²) in [5.74, 6) is 0.213. The molecule has 1 N–H and O–H groups in total. The van der Waals surface area contributed by atoms with Crippen LogP contribution in [0.2, 0.25) is 0 Å². The molecule has 2 fully saturated rings. The molecule has 0 aromatic heterocycles. The molecular formula is C15H28N2O2. The molecular weight excluding hydrogens is 240 g/mol. The smallest absolute Gasteiger partial charge is 0.323 e. The highest BCUT2D eigenvalue weighted by atomic mass is 16.5. The summed E-state index contributed by atoms with van der Waals surface area (Å²) in [4.78, 5) is 14.5. The molecule has 0 amide bonds. The van der Waals surface area contributed by atoms with Crippen LogP contribution in [0.25, 0.3) is 0 Å². The number of ether oxygens (including phenoxy) is 1. The van der Waals surface area contributed by atoms with Crippen molar-refractivity contribution < 1.29 is 9.53 Å². The van der Waals surface area contributed by atoms with E-state index >= 15 is 0 Å². The number of piperidine rings is 1. The number of hydrogen-bond donors (Lipinski definition) is 1. The Kier molecular flexibility index (Phi) is 4.85. The molecule has 4 heteroatoms. The second kappa shape index (κ2) is 6.23. The first-order chi connectivity index (χ1) is 9.06. The molecule has 2 rings (SSSR count). The van der Waals surface area contributed by atoms with Gasteiger partial charge in [-0.25, -0.2) is 0 Å². The molecule has 0 aromatic carbocycles. The minimum atomic E-state index is -0.150. The number of esters is 1. The van der Waals surface area contributed by atoms with Crippen molar-refractivity contribution in [2.45, 2.75) is 70.1 Å². The summed E-state index contributed by atoms with van der Waals surface area (Å²) in [6.07, 6.45) is 5.94. The van der Waals surface area contributed by atoms with E-state index in [2.05, 4.69) is 31.1 Å². The topological polar surface area (TPSA) is 41.6 Å². The van der Waals surface area contributed by atoms with Gasteiger partial charge in [-0.1, -0.05) is 20.3 Å². The molecule has 0 aliphatic carbocycles. The molecule has 0 aromatic rings. The molecule has 0 saturated carbocycles. The molecule has 2 bridgehead atoms. The standard InChI is InChI=1S/C15H28N2O2/c1-5-10(2)14(15(18)19-4)16-11-8-12-6-7-13(9-11)17(12)3/h10-14,16H,5-9H2,1-4H3. The highest BCUT2D eigenvalue weighted by molar-refractivity contribution is 5.76. The van der Waals surface area contributed by atoms with Gasteiger partial charge in [-0.2, -0.15) is 0 Å². The van der Waals surface area contributed by atoms with E-state index in [0.29, 0.717) is 24.0 Å². The number of fused-ring (bicyclic) bond motifs is 2. The van der Waals surface area contributed by atoms with Crippen LogP contribution in [0.1, 0.15) is 46.0 Å². The number of rotatable bonds is 5. The number of nitrogens with zero attached hydrogens (tertiary/aromatic N) is 1. The van der Waals surface area contributed by atoms with Gasteiger partial charge >= 0.3 is 5.97 Å². The molecule has 2 aliphatic rings. The molecule has 2 saturated heterocycles. The summed E-state index contributed by atoms with van der Waals surface area (Å²) >= 11 is 0. The monoisotopic (exact) mass is 268 g/mol. The minimum absolute atomic E-state index is 0.111. The lowest BCUT2D eigenvalue weighted by Crippen LogP contribution is -2.53. The first kappa shape index (κ1) is 14.8. The van der Waals surface area contributed by atoms with Gasteiger partial charge in [0.15, 0.2) is 0 Å². The summed E-state index contributed by atoms with van der Waals surface area (Å²) in [5, 5.41) is 3.58. The molecule has 4 nitrogen and oxygen atoms in total. The van der Waals surface area contributed by atoms with Gasteiger partial charge in [0.05, 0.1) is 7.11 Å². The number of carbonyl (C=O) groups excluding carboxylic acids is 1. The Labute approximate surface area is 116 Å². The summed E-state index contributed by atoms with van der Waals surface area (Å²) in [6, 6.07) is 1.72. The number of carbonyl (C=O) groups is 1. The van der Waals surface area contributed by atoms with Gasteiger partial charge in [0, 0.05) is 18.1 Å². The van der Waals surface area contributed by atoms with Crippen LogP contribution < -0.4 is 5.32 Å². The molecule has 4 atom stereocenters.